The molecular formula is C31H39N3. The van der Waals surface area contributed by atoms with Gasteiger partial charge in [-0.25, -0.2) is 4.99 Å². The van der Waals surface area contributed by atoms with Crippen LogP contribution in [0, 0.1) is 11.8 Å². The van der Waals surface area contributed by atoms with E-state index in [4.69, 9.17) is 5.73 Å². The molecule has 3 heteroatoms. The van der Waals surface area contributed by atoms with E-state index in [9.17, 15) is 0 Å². The Morgan fingerprint density at radius 2 is 1.74 bits per heavy atom. The SMILES string of the molecule is C=C/C=C(\N=C/C)Nc1ccc(Cc2ccc(C(C)(C)C3=CC(CCN)C(C)C=C3)cc2)cc1. The average molecular weight is 454 g/mol. The fourth-order valence-corrected chi connectivity index (χ4v) is 4.45. The third-order valence-corrected chi connectivity index (χ3v) is 6.72. The van der Waals surface area contributed by atoms with Crippen molar-refractivity contribution in [2.45, 2.75) is 46.0 Å². The first-order chi connectivity index (χ1) is 16.4. The van der Waals surface area contributed by atoms with Crippen LogP contribution in [0.3, 0.4) is 0 Å². The monoisotopic (exact) mass is 453 g/mol. The largest absolute Gasteiger partial charge is 0.340 e. The Morgan fingerprint density at radius 1 is 1.09 bits per heavy atom. The number of nitrogens with one attached hydrogen (secondary N) is 1. The van der Waals surface area contributed by atoms with Crippen molar-refractivity contribution in [1.29, 1.82) is 0 Å². The minimum atomic E-state index is -0.0348. The molecule has 0 saturated carbocycles. The van der Waals surface area contributed by atoms with Crippen molar-refractivity contribution in [2.24, 2.45) is 22.6 Å². The van der Waals surface area contributed by atoms with E-state index in [1.807, 2.05) is 13.0 Å². The molecule has 0 aromatic heterocycles. The third kappa shape index (κ3) is 6.45. The van der Waals surface area contributed by atoms with E-state index in [0.717, 1.165) is 30.9 Å². The van der Waals surface area contributed by atoms with Crippen molar-refractivity contribution in [1.82, 2.24) is 0 Å². The molecule has 2 unspecified atom stereocenters. The zero-order valence-corrected chi connectivity index (χ0v) is 21.1. The molecule has 0 saturated heterocycles. The summed E-state index contributed by atoms with van der Waals surface area (Å²) in [5.74, 6) is 1.85. The molecule has 2 aromatic carbocycles. The van der Waals surface area contributed by atoms with Gasteiger partial charge in [0.15, 0.2) is 0 Å². The second kappa shape index (κ2) is 11.8. The summed E-state index contributed by atoms with van der Waals surface area (Å²) >= 11 is 0. The van der Waals surface area contributed by atoms with E-state index >= 15 is 0 Å². The zero-order valence-electron chi connectivity index (χ0n) is 21.1. The Hall–Kier alpha value is -3.17. The molecule has 0 spiro atoms. The van der Waals surface area contributed by atoms with Gasteiger partial charge >= 0.3 is 0 Å². The lowest BCUT2D eigenvalue weighted by Gasteiger charge is -2.32. The molecule has 178 valence electrons. The van der Waals surface area contributed by atoms with Crippen molar-refractivity contribution in [3.63, 3.8) is 0 Å². The van der Waals surface area contributed by atoms with Crippen LogP contribution < -0.4 is 11.1 Å². The first kappa shape index (κ1) is 25.5. The van der Waals surface area contributed by atoms with Crippen LogP contribution in [0.25, 0.3) is 0 Å². The lowest BCUT2D eigenvalue weighted by atomic mass is 9.72. The van der Waals surface area contributed by atoms with E-state index in [-0.39, 0.29) is 5.41 Å². The van der Waals surface area contributed by atoms with E-state index in [0.29, 0.717) is 11.8 Å². The van der Waals surface area contributed by atoms with Crippen LogP contribution in [-0.4, -0.2) is 12.8 Å². The van der Waals surface area contributed by atoms with E-state index in [1.165, 1.54) is 22.3 Å². The quantitative estimate of drug-likeness (QED) is 0.296. The van der Waals surface area contributed by atoms with Gasteiger partial charge in [-0.2, -0.15) is 0 Å². The fraction of sp³-hybridized carbons (Fsp3) is 0.323. The van der Waals surface area contributed by atoms with Crippen molar-refractivity contribution < 1.29 is 0 Å². The molecule has 1 aliphatic carbocycles. The van der Waals surface area contributed by atoms with E-state index in [1.54, 1.807) is 12.3 Å². The Balaban J connectivity index is 1.69. The molecular weight excluding hydrogens is 414 g/mol. The van der Waals surface area contributed by atoms with E-state index in [2.05, 4.69) is 104 Å². The highest BCUT2D eigenvalue weighted by molar-refractivity contribution is 5.58. The van der Waals surface area contributed by atoms with Crippen LogP contribution in [0.15, 0.2) is 102 Å². The summed E-state index contributed by atoms with van der Waals surface area (Å²) in [6, 6.07) is 17.6. The zero-order chi connectivity index (χ0) is 24.6. The Labute approximate surface area is 205 Å². The number of allylic oxidation sites excluding steroid dienone is 6. The van der Waals surface area contributed by atoms with Crippen molar-refractivity contribution >= 4 is 11.9 Å². The van der Waals surface area contributed by atoms with Crippen molar-refractivity contribution in [2.75, 3.05) is 11.9 Å². The molecule has 0 heterocycles. The molecule has 3 N–H and O–H groups in total. The Morgan fingerprint density at radius 3 is 2.32 bits per heavy atom. The lowest BCUT2D eigenvalue weighted by Crippen LogP contribution is -2.24. The summed E-state index contributed by atoms with van der Waals surface area (Å²) in [5, 5.41) is 3.31. The summed E-state index contributed by atoms with van der Waals surface area (Å²) in [4.78, 5) is 4.32. The number of rotatable bonds is 10. The number of aliphatic imine (C=N–C) groups is 1. The first-order valence-corrected chi connectivity index (χ1v) is 12.2. The highest BCUT2D eigenvalue weighted by Crippen LogP contribution is 2.37. The van der Waals surface area contributed by atoms with Crippen LogP contribution in [0.5, 0.6) is 0 Å². The normalized spacial score (nSPS) is 18.7. The molecule has 0 fully saturated rings. The van der Waals surface area contributed by atoms with Gasteiger partial charge < -0.3 is 11.1 Å². The maximum Gasteiger partial charge on any atom is 0.129 e. The second-order valence-corrected chi connectivity index (χ2v) is 9.58. The van der Waals surface area contributed by atoms with Gasteiger partial charge in [-0.05, 0) is 78.6 Å². The predicted molar refractivity (Wildman–Crippen MR) is 148 cm³/mol. The van der Waals surface area contributed by atoms with Gasteiger partial charge in [0.2, 0.25) is 0 Å². The van der Waals surface area contributed by atoms with Crippen LogP contribution in [0.4, 0.5) is 5.69 Å². The molecule has 0 radical (unpaired) electrons. The van der Waals surface area contributed by atoms with Crippen LogP contribution in [-0.2, 0) is 11.8 Å². The highest BCUT2D eigenvalue weighted by Gasteiger charge is 2.28. The topological polar surface area (TPSA) is 50.4 Å². The number of hydrogen-bond acceptors (Lipinski definition) is 3. The van der Waals surface area contributed by atoms with Gasteiger partial charge in [0, 0.05) is 17.3 Å². The maximum atomic E-state index is 5.85. The number of nitrogens with two attached hydrogens (primary N) is 1. The van der Waals surface area contributed by atoms with Gasteiger partial charge in [0.05, 0.1) is 0 Å². The molecule has 0 bridgehead atoms. The molecule has 0 aliphatic heterocycles. The summed E-state index contributed by atoms with van der Waals surface area (Å²) in [7, 11) is 0. The number of benzene rings is 2. The number of hydrogen-bond donors (Lipinski definition) is 2. The molecule has 1 aliphatic rings. The standard InChI is InChI=1S/C31H39N3/c1-6-8-30(33-7-2)34-29-17-12-25(13-18-29)21-24-10-15-27(16-11-24)31(4,5)28-14-9-23(3)26(22-28)19-20-32/h6-18,22-23,26,34H,1,19-21,32H2,2-5H3/b30-8+,33-7-. The van der Waals surface area contributed by atoms with Gasteiger partial charge in [-0.1, -0.05) is 88.1 Å². The predicted octanol–water partition coefficient (Wildman–Crippen LogP) is 7.18. The smallest absolute Gasteiger partial charge is 0.129 e. The summed E-state index contributed by atoms with van der Waals surface area (Å²) in [5.41, 5.74) is 12.1. The molecule has 2 atom stereocenters. The van der Waals surface area contributed by atoms with Gasteiger partial charge in [-0.3, -0.25) is 0 Å². The first-order valence-electron chi connectivity index (χ1n) is 12.2. The fourth-order valence-electron chi connectivity index (χ4n) is 4.45. The molecule has 0 amide bonds. The maximum absolute atomic E-state index is 5.85. The van der Waals surface area contributed by atoms with Crippen molar-refractivity contribution in [3.05, 3.63) is 114 Å². The lowest BCUT2D eigenvalue weighted by molar-refractivity contribution is 0.464. The van der Waals surface area contributed by atoms with Gasteiger partial charge in [0.1, 0.15) is 5.82 Å². The minimum absolute atomic E-state index is 0.0348. The molecule has 34 heavy (non-hydrogen) atoms. The Bertz CT molecular complexity index is 1070. The summed E-state index contributed by atoms with van der Waals surface area (Å²) in [6.07, 6.45) is 14.4. The summed E-state index contributed by atoms with van der Waals surface area (Å²) in [6.45, 7) is 13.3. The number of anilines is 1. The highest BCUT2D eigenvalue weighted by atomic mass is 15.0. The Kier molecular flexibility index (Phi) is 8.84. The van der Waals surface area contributed by atoms with Crippen LogP contribution in [0.2, 0.25) is 0 Å². The average Bonchev–Trinajstić information content (AvgIpc) is 2.82. The van der Waals surface area contributed by atoms with E-state index < -0.39 is 0 Å². The molecule has 3 rings (SSSR count). The van der Waals surface area contributed by atoms with Gasteiger partial charge in [0.25, 0.3) is 0 Å². The molecule has 3 nitrogen and oxygen atoms in total. The van der Waals surface area contributed by atoms with Gasteiger partial charge in [-0.15, -0.1) is 0 Å². The number of nitrogens with zero attached hydrogens (tertiary/aromatic N) is 1. The minimum Gasteiger partial charge on any atom is -0.340 e. The second-order valence-electron chi connectivity index (χ2n) is 9.58. The van der Waals surface area contributed by atoms with Crippen molar-refractivity contribution in [3.8, 4) is 0 Å². The third-order valence-electron chi connectivity index (χ3n) is 6.72. The van der Waals surface area contributed by atoms with Crippen LogP contribution >= 0.6 is 0 Å². The molecule has 2 aromatic rings. The van der Waals surface area contributed by atoms with Crippen LogP contribution in [0.1, 0.15) is 50.8 Å². The summed E-state index contributed by atoms with van der Waals surface area (Å²) < 4.78 is 0.